The van der Waals surface area contributed by atoms with Gasteiger partial charge in [-0.25, -0.2) is 4.79 Å². The summed E-state index contributed by atoms with van der Waals surface area (Å²) < 4.78 is 9.89. The Labute approximate surface area is 104 Å². The fourth-order valence-electron chi connectivity index (χ4n) is 1.27. The molecule has 0 aliphatic rings. The average molecular weight is 251 g/mol. The Hall–Kier alpha value is -2.37. The Balaban J connectivity index is 3.05. The second-order valence-electron chi connectivity index (χ2n) is 3.35. The maximum absolute atomic E-state index is 11.5. The summed E-state index contributed by atoms with van der Waals surface area (Å²) in [7, 11) is 1.23. The number of esters is 1. The van der Waals surface area contributed by atoms with Crippen molar-refractivity contribution in [2.45, 2.75) is 6.42 Å². The van der Waals surface area contributed by atoms with Gasteiger partial charge in [-0.3, -0.25) is 10.1 Å². The molecule has 6 heteroatoms. The SMILES string of the molecule is C=CCCOc1cc([N+](=O)[O-])ccc1C(=O)OC. The highest BCUT2D eigenvalue weighted by Gasteiger charge is 2.17. The fraction of sp³-hybridized carbons (Fsp3) is 0.250. The lowest BCUT2D eigenvalue weighted by molar-refractivity contribution is -0.384. The molecule has 0 spiro atoms. The zero-order chi connectivity index (χ0) is 13.5. The normalized spacial score (nSPS) is 9.61. The number of non-ortho nitro benzene ring substituents is 1. The standard InChI is InChI=1S/C12H13NO5/c1-3-4-7-18-11-8-9(13(15)16)5-6-10(11)12(14)17-2/h3,5-6,8H,1,4,7H2,2H3. The molecule has 0 unspecified atom stereocenters. The van der Waals surface area contributed by atoms with E-state index in [1.54, 1.807) is 6.08 Å². The number of nitro benzene ring substituents is 1. The quantitative estimate of drug-likeness (QED) is 0.255. The number of carbonyl (C=O) groups excluding carboxylic acids is 1. The summed E-state index contributed by atoms with van der Waals surface area (Å²) in [6.45, 7) is 3.82. The van der Waals surface area contributed by atoms with Crippen LogP contribution in [-0.4, -0.2) is 24.6 Å². The van der Waals surface area contributed by atoms with Gasteiger partial charge in [-0.2, -0.15) is 0 Å². The summed E-state index contributed by atoms with van der Waals surface area (Å²) in [5.41, 5.74) is 0.0171. The van der Waals surface area contributed by atoms with Gasteiger partial charge in [0.1, 0.15) is 11.3 Å². The van der Waals surface area contributed by atoms with E-state index < -0.39 is 10.9 Å². The molecule has 0 aliphatic heterocycles. The first-order chi connectivity index (χ1) is 8.60. The van der Waals surface area contributed by atoms with E-state index in [-0.39, 0.29) is 23.6 Å². The highest BCUT2D eigenvalue weighted by Crippen LogP contribution is 2.25. The zero-order valence-electron chi connectivity index (χ0n) is 9.92. The minimum Gasteiger partial charge on any atom is -0.492 e. The highest BCUT2D eigenvalue weighted by molar-refractivity contribution is 5.92. The molecule has 1 aromatic carbocycles. The molecule has 0 aromatic heterocycles. The Kier molecular flexibility index (Phi) is 4.86. The van der Waals surface area contributed by atoms with Gasteiger partial charge in [0, 0.05) is 6.07 Å². The van der Waals surface area contributed by atoms with Crippen LogP contribution >= 0.6 is 0 Å². The fourth-order valence-corrected chi connectivity index (χ4v) is 1.27. The van der Waals surface area contributed by atoms with Crippen LogP contribution in [0.4, 0.5) is 5.69 Å². The van der Waals surface area contributed by atoms with E-state index in [0.717, 1.165) is 0 Å². The summed E-state index contributed by atoms with van der Waals surface area (Å²) in [6, 6.07) is 3.75. The van der Waals surface area contributed by atoms with Crippen LogP contribution in [0.1, 0.15) is 16.8 Å². The van der Waals surface area contributed by atoms with Gasteiger partial charge in [-0.1, -0.05) is 6.08 Å². The number of nitrogens with zero attached hydrogens (tertiary/aromatic N) is 1. The topological polar surface area (TPSA) is 78.7 Å². The maximum Gasteiger partial charge on any atom is 0.341 e. The van der Waals surface area contributed by atoms with Gasteiger partial charge in [0.15, 0.2) is 0 Å². The summed E-state index contributed by atoms with van der Waals surface area (Å²) in [5, 5.41) is 10.7. The molecule has 0 radical (unpaired) electrons. The van der Waals surface area contributed by atoms with Crippen molar-refractivity contribution in [2.75, 3.05) is 13.7 Å². The lowest BCUT2D eigenvalue weighted by Crippen LogP contribution is -2.07. The predicted octanol–water partition coefficient (Wildman–Crippen LogP) is 2.34. The molecule has 0 atom stereocenters. The molecule has 6 nitrogen and oxygen atoms in total. The predicted molar refractivity (Wildman–Crippen MR) is 64.7 cm³/mol. The van der Waals surface area contributed by atoms with Crippen molar-refractivity contribution in [1.29, 1.82) is 0 Å². The van der Waals surface area contributed by atoms with Crippen LogP contribution in [-0.2, 0) is 4.74 Å². The summed E-state index contributed by atoms with van der Waals surface area (Å²) in [5.74, 6) is -0.462. The lowest BCUT2D eigenvalue weighted by atomic mass is 10.2. The van der Waals surface area contributed by atoms with Crippen molar-refractivity contribution in [3.8, 4) is 5.75 Å². The van der Waals surface area contributed by atoms with Crippen molar-refractivity contribution < 1.29 is 19.2 Å². The van der Waals surface area contributed by atoms with Crippen LogP contribution in [0.15, 0.2) is 30.9 Å². The minimum atomic E-state index is -0.599. The second-order valence-corrected chi connectivity index (χ2v) is 3.35. The van der Waals surface area contributed by atoms with Crippen molar-refractivity contribution in [3.63, 3.8) is 0 Å². The first-order valence-corrected chi connectivity index (χ1v) is 5.20. The molecule has 0 heterocycles. The van der Waals surface area contributed by atoms with E-state index in [0.29, 0.717) is 6.42 Å². The molecule has 18 heavy (non-hydrogen) atoms. The van der Waals surface area contributed by atoms with Crippen LogP contribution in [0, 0.1) is 10.1 Å². The Bertz CT molecular complexity index is 470. The highest BCUT2D eigenvalue weighted by atomic mass is 16.6. The Morgan fingerprint density at radius 3 is 2.83 bits per heavy atom. The third-order valence-corrected chi connectivity index (χ3v) is 2.16. The van der Waals surface area contributed by atoms with Gasteiger partial charge in [0.25, 0.3) is 5.69 Å². The summed E-state index contributed by atoms with van der Waals surface area (Å²) >= 11 is 0. The Morgan fingerprint density at radius 2 is 2.28 bits per heavy atom. The van der Waals surface area contributed by atoms with Crippen molar-refractivity contribution in [3.05, 3.63) is 46.5 Å². The number of carbonyl (C=O) groups is 1. The minimum absolute atomic E-state index is 0.137. The van der Waals surface area contributed by atoms with E-state index in [2.05, 4.69) is 11.3 Å². The first-order valence-electron chi connectivity index (χ1n) is 5.20. The van der Waals surface area contributed by atoms with Gasteiger partial charge < -0.3 is 9.47 Å². The molecule has 0 saturated heterocycles. The number of benzene rings is 1. The first kappa shape index (κ1) is 13.7. The molecule has 96 valence electrons. The second kappa shape index (κ2) is 6.39. The van der Waals surface area contributed by atoms with Crippen LogP contribution < -0.4 is 4.74 Å². The van der Waals surface area contributed by atoms with Gasteiger partial charge in [0.2, 0.25) is 0 Å². The van der Waals surface area contributed by atoms with E-state index in [1.807, 2.05) is 0 Å². The smallest absolute Gasteiger partial charge is 0.341 e. The number of methoxy groups -OCH3 is 1. The van der Waals surface area contributed by atoms with Crippen LogP contribution in [0.25, 0.3) is 0 Å². The number of hydrogen-bond acceptors (Lipinski definition) is 5. The molecule has 0 aliphatic carbocycles. The third-order valence-electron chi connectivity index (χ3n) is 2.16. The number of ether oxygens (including phenoxy) is 2. The molecular formula is C12H13NO5. The molecule has 1 aromatic rings. The lowest BCUT2D eigenvalue weighted by Gasteiger charge is -2.09. The van der Waals surface area contributed by atoms with Crippen LogP contribution in [0.2, 0.25) is 0 Å². The van der Waals surface area contributed by atoms with Gasteiger partial charge in [-0.15, -0.1) is 6.58 Å². The monoisotopic (exact) mass is 251 g/mol. The van der Waals surface area contributed by atoms with Crippen molar-refractivity contribution in [1.82, 2.24) is 0 Å². The largest absolute Gasteiger partial charge is 0.492 e. The third kappa shape index (κ3) is 3.31. The van der Waals surface area contributed by atoms with Crippen molar-refractivity contribution in [2.24, 2.45) is 0 Å². The molecule has 0 bridgehead atoms. The van der Waals surface area contributed by atoms with Gasteiger partial charge >= 0.3 is 5.97 Å². The molecular weight excluding hydrogens is 238 g/mol. The molecule has 0 saturated carbocycles. The maximum atomic E-state index is 11.5. The Morgan fingerprint density at radius 1 is 1.56 bits per heavy atom. The molecule has 0 amide bonds. The molecule has 0 fully saturated rings. The van der Waals surface area contributed by atoms with Crippen molar-refractivity contribution >= 4 is 11.7 Å². The molecule has 0 N–H and O–H groups in total. The van der Waals surface area contributed by atoms with E-state index >= 15 is 0 Å². The van der Waals surface area contributed by atoms with Gasteiger partial charge in [-0.05, 0) is 12.5 Å². The summed E-state index contributed by atoms with van der Waals surface area (Å²) in [6.07, 6.45) is 2.22. The average Bonchev–Trinajstić information content (AvgIpc) is 2.38. The van der Waals surface area contributed by atoms with E-state index in [9.17, 15) is 14.9 Å². The number of hydrogen-bond donors (Lipinski definition) is 0. The summed E-state index contributed by atoms with van der Waals surface area (Å²) in [4.78, 5) is 21.6. The molecule has 1 rings (SSSR count). The van der Waals surface area contributed by atoms with Gasteiger partial charge in [0.05, 0.1) is 24.7 Å². The van der Waals surface area contributed by atoms with E-state index in [4.69, 9.17) is 4.74 Å². The number of rotatable bonds is 6. The zero-order valence-corrected chi connectivity index (χ0v) is 9.92. The van der Waals surface area contributed by atoms with Crippen LogP contribution in [0.3, 0.4) is 0 Å². The number of nitro groups is 1. The van der Waals surface area contributed by atoms with Crippen LogP contribution in [0.5, 0.6) is 5.75 Å². The van der Waals surface area contributed by atoms with E-state index in [1.165, 1.54) is 25.3 Å².